The molecule has 1 saturated carbocycles. The van der Waals surface area contributed by atoms with Crippen molar-refractivity contribution in [2.45, 2.75) is 45.6 Å². The van der Waals surface area contributed by atoms with Crippen molar-refractivity contribution < 1.29 is 4.42 Å². The maximum absolute atomic E-state index is 5.79. The molecule has 0 bridgehead atoms. The minimum atomic E-state index is 0.112. The Bertz CT molecular complexity index is 407. The van der Waals surface area contributed by atoms with Crippen LogP contribution in [0.25, 0.3) is 0 Å². The number of furan rings is 1. The lowest BCUT2D eigenvalue weighted by Crippen LogP contribution is -2.49. The summed E-state index contributed by atoms with van der Waals surface area (Å²) in [6.07, 6.45) is 5.41. The summed E-state index contributed by atoms with van der Waals surface area (Å²) in [7, 11) is 0. The number of hydrogen-bond acceptors (Lipinski definition) is 2. The summed E-state index contributed by atoms with van der Waals surface area (Å²) >= 11 is 0. The molecule has 2 heteroatoms. The van der Waals surface area contributed by atoms with Crippen LogP contribution in [0.2, 0.25) is 0 Å². The molecule has 2 unspecified atom stereocenters. The molecule has 2 heterocycles. The van der Waals surface area contributed by atoms with E-state index < -0.39 is 0 Å². The van der Waals surface area contributed by atoms with Gasteiger partial charge in [0.1, 0.15) is 5.76 Å². The van der Waals surface area contributed by atoms with Gasteiger partial charge in [-0.1, -0.05) is 20.8 Å². The largest absolute Gasteiger partial charge is 0.467 e. The number of rotatable bonds is 2. The quantitative estimate of drug-likeness (QED) is 0.827. The van der Waals surface area contributed by atoms with E-state index >= 15 is 0 Å². The molecule has 0 aromatic carbocycles. The first-order chi connectivity index (χ1) is 7.60. The van der Waals surface area contributed by atoms with Gasteiger partial charge < -0.3 is 9.73 Å². The van der Waals surface area contributed by atoms with Gasteiger partial charge in [0.2, 0.25) is 0 Å². The molecule has 1 aliphatic carbocycles. The van der Waals surface area contributed by atoms with Gasteiger partial charge in [-0.25, -0.2) is 0 Å². The van der Waals surface area contributed by atoms with Gasteiger partial charge in [-0.15, -0.1) is 0 Å². The third-order valence-corrected chi connectivity index (χ3v) is 4.65. The zero-order valence-corrected chi connectivity index (χ0v) is 10.5. The maximum atomic E-state index is 5.79. The topological polar surface area (TPSA) is 25.2 Å². The molecule has 1 fully saturated rings. The van der Waals surface area contributed by atoms with Crippen molar-refractivity contribution >= 4 is 0 Å². The minimum Gasteiger partial charge on any atom is -0.467 e. The summed E-state index contributed by atoms with van der Waals surface area (Å²) in [6, 6.07) is 2.15. The summed E-state index contributed by atoms with van der Waals surface area (Å²) in [4.78, 5) is 0. The van der Waals surface area contributed by atoms with Gasteiger partial charge in [0.25, 0.3) is 0 Å². The Labute approximate surface area is 97.4 Å². The molecule has 0 saturated heterocycles. The van der Waals surface area contributed by atoms with Crippen LogP contribution in [0.1, 0.15) is 44.9 Å². The molecule has 3 rings (SSSR count). The fourth-order valence-corrected chi connectivity index (χ4v) is 3.55. The van der Waals surface area contributed by atoms with Crippen molar-refractivity contribution in [2.75, 3.05) is 6.54 Å². The number of fused-ring (bicyclic) bond motifs is 1. The monoisotopic (exact) mass is 219 g/mol. The minimum absolute atomic E-state index is 0.112. The summed E-state index contributed by atoms with van der Waals surface area (Å²) in [5.41, 5.74) is 2.01. The normalized spacial score (nSPS) is 35.8. The molecule has 1 aliphatic heterocycles. The summed E-state index contributed by atoms with van der Waals surface area (Å²) < 4.78 is 5.79. The van der Waals surface area contributed by atoms with Crippen LogP contribution in [0.4, 0.5) is 0 Å². The van der Waals surface area contributed by atoms with Crippen molar-refractivity contribution in [1.82, 2.24) is 5.32 Å². The second-order valence-electron chi connectivity index (χ2n) is 6.02. The van der Waals surface area contributed by atoms with E-state index in [9.17, 15) is 0 Å². The van der Waals surface area contributed by atoms with Gasteiger partial charge in [-0.2, -0.15) is 0 Å². The highest BCUT2D eigenvalue weighted by molar-refractivity contribution is 5.32. The third kappa shape index (κ3) is 1.22. The zero-order chi connectivity index (χ0) is 11.4. The Morgan fingerprint density at radius 3 is 2.88 bits per heavy atom. The summed E-state index contributed by atoms with van der Waals surface area (Å²) in [6.45, 7) is 8.11. The Morgan fingerprint density at radius 1 is 1.50 bits per heavy atom. The predicted molar refractivity (Wildman–Crippen MR) is 64.3 cm³/mol. The fourth-order valence-electron chi connectivity index (χ4n) is 3.55. The van der Waals surface area contributed by atoms with Crippen LogP contribution in [-0.4, -0.2) is 6.54 Å². The van der Waals surface area contributed by atoms with Crippen molar-refractivity contribution in [3.05, 3.63) is 23.7 Å². The molecule has 2 atom stereocenters. The Balaban J connectivity index is 2.04. The Hall–Kier alpha value is -0.760. The van der Waals surface area contributed by atoms with Crippen LogP contribution in [0, 0.1) is 11.3 Å². The maximum Gasteiger partial charge on any atom is 0.127 e. The first kappa shape index (κ1) is 10.4. The molecular formula is C14H21NO. The van der Waals surface area contributed by atoms with Crippen LogP contribution in [-0.2, 0) is 12.0 Å². The Morgan fingerprint density at radius 2 is 2.25 bits per heavy atom. The first-order valence-corrected chi connectivity index (χ1v) is 6.42. The van der Waals surface area contributed by atoms with E-state index in [2.05, 4.69) is 32.2 Å². The molecule has 0 amide bonds. The van der Waals surface area contributed by atoms with E-state index in [1.54, 1.807) is 0 Å². The highest BCUT2D eigenvalue weighted by atomic mass is 16.3. The van der Waals surface area contributed by atoms with Crippen LogP contribution < -0.4 is 5.32 Å². The highest BCUT2D eigenvalue weighted by Crippen LogP contribution is 2.62. The van der Waals surface area contributed by atoms with Crippen LogP contribution in [0.3, 0.4) is 0 Å². The second-order valence-corrected chi connectivity index (χ2v) is 6.02. The molecule has 0 radical (unpaired) electrons. The van der Waals surface area contributed by atoms with Crippen molar-refractivity contribution in [3.8, 4) is 0 Å². The van der Waals surface area contributed by atoms with Crippen LogP contribution in [0.15, 0.2) is 16.7 Å². The highest BCUT2D eigenvalue weighted by Gasteiger charge is 2.60. The summed E-state index contributed by atoms with van der Waals surface area (Å²) in [5, 5.41) is 3.75. The SMILES string of the molecule is CCC1(C2CC2(C)C)NCCc2ccoc21. The van der Waals surface area contributed by atoms with Crippen molar-refractivity contribution in [2.24, 2.45) is 11.3 Å². The van der Waals surface area contributed by atoms with Gasteiger partial charge in [-0.3, -0.25) is 0 Å². The standard InChI is InChI=1S/C14H21NO/c1-4-14(11-9-13(11,2)3)12-10(5-7-15-14)6-8-16-12/h6,8,11,15H,4-5,7,9H2,1-3H3. The fraction of sp³-hybridized carbons (Fsp3) is 0.714. The number of nitrogens with one attached hydrogen (secondary N) is 1. The number of hydrogen-bond donors (Lipinski definition) is 1. The molecule has 2 nitrogen and oxygen atoms in total. The van der Waals surface area contributed by atoms with Crippen molar-refractivity contribution in [1.29, 1.82) is 0 Å². The molecular weight excluding hydrogens is 198 g/mol. The first-order valence-electron chi connectivity index (χ1n) is 6.42. The summed E-state index contributed by atoms with van der Waals surface area (Å²) in [5.74, 6) is 1.95. The molecule has 1 aromatic rings. The lowest BCUT2D eigenvalue weighted by Gasteiger charge is -2.38. The van der Waals surface area contributed by atoms with E-state index in [1.807, 2.05) is 6.26 Å². The van der Waals surface area contributed by atoms with Gasteiger partial charge >= 0.3 is 0 Å². The van der Waals surface area contributed by atoms with E-state index in [0.29, 0.717) is 5.41 Å². The van der Waals surface area contributed by atoms with E-state index in [-0.39, 0.29) is 5.54 Å². The van der Waals surface area contributed by atoms with Crippen LogP contribution >= 0.6 is 0 Å². The predicted octanol–water partition coefficient (Wildman–Crippen LogP) is 3.08. The van der Waals surface area contributed by atoms with Crippen LogP contribution in [0.5, 0.6) is 0 Å². The second kappa shape index (κ2) is 3.13. The lowest BCUT2D eigenvalue weighted by molar-refractivity contribution is 0.188. The third-order valence-electron chi connectivity index (χ3n) is 4.65. The lowest BCUT2D eigenvalue weighted by atomic mass is 9.79. The van der Waals surface area contributed by atoms with Gasteiger partial charge in [-0.05, 0) is 42.2 Å². The molecule has 2 aliphatic rings. The van der Waals surface area contributed by atoms with E-state index in [1.165, 1.54) is 17.7 Å². The van der Waals surface area contributed by atoms with Gasteiger partial charge in [0.05, 0.1) is 11.8 Å². The smallest absolute Gasteiger partial charge is 0.127 e. The molecule has 0 spiro atoms. The molecule has 1 aromatic heterocycles. The van der Waals surface area contributed by atoms with Gasteiger partial charge in [0, 0.05) is 6.54 Å². The average molecular weight is 219 g/mol. The van der Waals surface area contributed by atoms with E-state index in [4.69, 9.17) is 4.42 Å². The Kier molecular flexibility index (Phi) is 2.03. The molecule has 1 N–H and O–H groups in total. The molecule has 88 valence electrons. The van der Waals surface area contributed by atoms with E-state index in [0.717, 1.165) is 25.3 Å². The zero-order valence-electron chi connectivity index (χ0n) is 10.5. The molecule has 16 heavy (non-hydrogen) atoms. The average Bonchev–Trinajstić information content (AvgIpc) is 2.73. The van der Waals surface area contributed by atoms with Gasteiger partial charge in [0.15, 0.2) is 0 Å². The van der Waals surface area contributed by atoms with Crippen molar-refractivity contribution in [3.63, 3.8) is 0 Å².